The zero-order valence-electron chi connectivity index (χ0n) is 23.2. The third kappa shape index (κ3) is 7.39. The lowest BCUT2D eigenvalue weighted by molar-refractivity contribution is 0.275. The lowest BCUT2D eigenvalue weighted by Gasteiger charge is -2.12. The molecule has 0 saturated carbocycles. The van der Waals surface area contributed by atoms with Gasteiger partial charge in [-0.2, -0.15) is 5.26 Å². The first-order valence-corrected chi connectivity index (χ1v) is 14.7. The van der Waals surface area contributed by atoms with Crippen LogP contribution in [0.4, 0.5) is 0 Å². The fourth-order valence-electron chi connectivity index (χ4n) is 4.11. The Hall–Kier alpha value is -5.14. The van der Waals surface area contributed by atoms with Gasteiger partial charge in [0.1, 0.15) is 24.7 Å². The molecule has 0 unspecified atom stereocenters. The van der Waals surface area contributed by atoms with Crippen molar-refractivity contribution in [1.82, 2.24) is 14.8 Å². The average molecular weight is 599 g/mol. The fourth-order valence-corrected chi connectivity index (χ4v) is 4.47. The number of rotatable bonds is 11. The van der Waals surface area contributed by atoms with Crippen LogP contribution in [0.1, 0.15) is 28.1 Å². The van der Waals surface area contributed by atoms with Gasteiger partial charge >= 0.3 is 7.60 Å². The van der Waals surface area contributed by atoms with E-state index in [-0.39, 0.29) is 19.1 Å². The molecule has 0 radical (unpaired) electrons. The summed E-state index contributed by atoms with van der Waals surface area (Å²) in [5, 5.41) is 13.6. The van der Waals surface area contributed by atoms with Crippen LogP contribution in [0.2, 0.25) is 0 Å². The van der Waals surface area contributed by atoms with E-state index >= 15 is 0 Å². The van der Waals surface area contributed by atoms with Crippen LogP contribution in [0.3, 0.4) is 0 Å². The number of nitriles is 1. The van der Waals surface area contributed by atoms with E-state index in [1.54, 1.807) is 48.1 Å². The highest BCUT2D eigenvalue weighted by Gasteiger charge is 2.16. The molecule has 0 aliphatic heterocycles. The average Bonchev–Trinajstić information content (AvgIpc) is 3.61. The van der Waals surface area contributed by atoms with Crippen molar-refractivity contribution in [3.05, 3.63) is 113 Å². The quantitative estimate of drug-likeness (QED) is 0.173. The van der Waals surface area contributed by atoms with Gasteiger partial charge in [-0.25, -0.2) is 9.67 Å². The highest BCUT2D eigenvalue weighted by atomic mass is 31.2. The van der Waals surface area contributed by atoms with Crippen LogP contribution in [0.5, 0.6) is 17.4 Å². The summed E-state index contributed by atoms with van der Waals surface area (Å²) >= 11 is 0. The molecule has 5 rings (SSSR count). The summed E-state index contributed by atoms with van der Waals surface area (Å²) in [6.07, 6.45) is 2.92. The van der Waals surface area contributed by atoms with Crippen molar-refractivity contribution in [2.24, 2.45) is 0 Å². The van der Waals surface area contributed by atoms with Gasteiger partial charge in [-0.05, 0) is 61.0 Å². The zero-order valence-corrected chi connectivity index (χ0v) is 24.1. The van der Waals surface area contributed by atoms with Crippen LogP contribution < -0.4 is 14.2 Å². The molecule has 43 heavy (non-hydrogen) atoms. The summed E-state index contributed by atoms with van der Waals surface area (Å²) in [5.74, 6) is 2.97. The van der Waals surface area contributed by atoms with Gasteiger partial charge in [-0.3, -0.25) is 4.57 Å². The van der Waals surface area contributed by atoms with E-state index in [1.807, 2.05) is 42.5 Å². The van der Waals surface area contributed by atoms with Crippen LogP contribution in [0, 0.1) is 18.3 Å². The Kier molecular flexibility index (Phi) is 8.74. The highest BCUT2D eigenvalue weighted by Crippen LogP contribution is 2.38. The van der Waals surface area contributed by atoms with Gasteiger partial charge in [0.25, 0.3) is 0 Å². The van der Waals surface area contributed by atoms with Gasteiger partial charge < -0.3 is 28.4 Å². The minimum absolute atomic E-state index is 0.104. The molecule has 0 aliphatic carbocycles. The molecule has 0 bridgehead atoms. The minimum Gasteiger partial charge on any atom is -0.493 e. The Labute approximate surface area is 247 Å². The second kappa shape index (κ2) is 12.8. The van der Waals surface area contributed by atoms with Crippen LogP contribution in [0.15, 0.2) is 89.2 Å². The molecular formula is C31H27N4O7P. The number of aryl methyl sites for hydroxylation is 1. The number of aromatic nitrogens is 3. The summed E-state index contributed by atoms with van der Waals surface area (Å²) < 4.78 is 36.3. The summed E-state index contributed by atoms with van der Waals surface area (Å²) in [5.41, 5.74) is 3.73. The number of benzene rings is 3. The van der Waals surface area contributed by atoms with E-state index in [0.29, 0.717) is 45.5 Å². The first-order valence-electron chi connectivity index (χ1n) is 13.0. The lowest BCUT2D eigenvalue weighted by atomic mass is 10.1. The van der Waals surface area contributed by atoms with E-state index < -0.39 is 7.60 Å². The number of oxazole rings is 1. The summed E-state index contributed by atoms with van der Waals surface area (Å²) in [4.78, 5) is 23.1. The number of ether oxygens (including phenoxy) is 3. The maximum Gasteiger partial charge on any atom is 0.349 e. The third-order valence-electron chi connectivity index (χ3n) is 6.28. The Morgan fingerprint density at radius 1 is 1.02 bits per heavy atom. The Morgan fingerprint density at radius 3 is 2.58 bits per heavy atom. The third-order valence-corrected chi connectivity index (χ3v) is 6.81. The number of methoxy groups -OCH3 is 1. The molecule has 0 saturated heterocycles. The Bertz CT molecular complexity index is 1850. The summed E-state index contributed by atoms with van der Waals surface area (Å²) in [6, 6.07) is 23.8. The predicted molar refractivity (Wildman–Crippen MR) is 158 cm³/mol. The molecule has 11 nitrogen and oxygen atoms in total. The number of hydrogen-bond donors (Lipinski definition) is 2. The predicted octanol–water partition coefficient (Wildman–Crippen LogP) is 6.02. The molecule has 0 aliphatic rings. The molecular weight excluding hydrogens is 571 g/mol. The molecule has 3 aromatic carbocycles. The summed E-state index contributed by atoms with van der Waals surface area (Å²) in [7, 11) is -2.85. The van der Waals surface area contributed by atoms with E-state index in [9.17, 15) is 19.6 Å². The Balaban J connectivity index is 1.29. The van der Waals surface area contributed by atoms with Gasteiger partial charge in [0.2, 0.25) is 11.8 Å². The van der Waals surface area contributed by atoms with E-state index in [1.165, 1.54) is 13.2 Å². The van der Waals surface area contributed by atoms with Gasteiger partial charge in [-0.1, -0.05) is 30.3 Å². The monoisotopic (exact) mass is 598 g/mol. The number of para-hydroxylation sites is 1. The van der Waals surface area contributed by atoms with E-state index in [0.717, 1.165) is 17.1 Å². The molecule has 0 spiro atoms. The topological polar surface area (TPSA) is 153 Å². The van der Waals surface area contributed by atoms with E-state index in [4.69, 9.17) is 18.6 Å². The van der Waals surface area contributed by atoms with Crippen molar-refractivity contribution in [2.45, 2.75) is 20.1 Å². The van der Waals surface area contributed by atoms with Gasteiger partial charge in [-0.15, -0.1) is 5.10 Å². The van der Waals surface area contributed by atoms with Crippen molar-refractivity contribution in [2.75, 3.05) is 7.11 Å². The van der Waals surface area contributed by atoms with Crippen LogP contribution >= 0.6 is 7.60 Å². The van der Waals surface area contributed by atoms with Crippen molar-refractivity contribution in [1.29, 1.82) is 5.26 Å². The van der Waals surface area contributed by atoms with Crippen molar-refractivity contribution >= 4 is 13.7 Å². The van der Waals surface area contributed by atoms with Crippen LogP contribution in [-0.4, -0.2) is 31.7 Å². The van der Waals surface area contributed by atoms with Gasteiger partial charge in [0, 0.05) is 17.6 Å². The fraction of sp³-hybridized carbons (Fsp3) is 0.129. The van der Waals surface area contributed by atoms with Crippen molar-refractivity contribution < 1.29 is 33.0 Å². The lowest BCUT2D eigenvalue weighted by Crippen LogP contribution is -2.02. The molecule has 218 valence electrons. The highest BCUT2D eigenvalue weighted by molar-refractivity contribution is 7.55. The van der Waals surface area contributed by atoms with Crippen LogP contribution in [-0.2, 0) is 17.8 Å². The largest absolute Gasteiger partial charge is 0.493 e. The maximum absolute atomic E-state index is 11.4. The molecule has 2 heterocycles. The smallest absolute Gasteiger partial charge is 0.349 e. The standard InChI is InChI=1S/C31H27N4O7P/c1-21-27(33-30(42-21)24-8-6-7-22(15-24)17-32)20-40-28-12-11-23(16-29(28)39-2)19-41-31-25(13-14-43(36,37)38)18-35(34-31)26-9-4-3-5-10-26/h3-16,18H,19-20H2,1-2H3,(H2,36,37,38)/b14-13+. The first-order chi connectivity index (χ1) is 20.7. The molecule has 0 atom stereocenters. The number of nitrogens with zero attached hydrogens (tertiary/aromatic N) is 4. The van der Waals surface area contributed by atoms with Crippen molar-refractivity contribution in [3.63, 3.8) is 0 Å². The molecule has 12 heteroatoms. The SMILES string of the molecule is COc1cc(COc2nn(-c3ccccc3)cc2/C=C/P(=O)(O)O)ccc1OCc1nc(-c2cccc(C#N)c2)oc1C. The van der Waals surface area contributed by atoms with Gasteiger partial charge in [0.15, 0.2) is 11.5 Å². The zero-order chi connectivity index (χ0) is 30.4. The molecule has 0 fully saturated rings. The first kappa shape index (κ1) is 29.4. The normalized spacial score (nSPS) is 11.4. The second-order valence-corrected chi connectivity index (χ2v) is 10.8. The number of hydrogen-bond acceptors (Lipinski definition) is 8. The van der Waals surface area contributed by atoms with Gasteiger partial charge in [0.05, 0.1) is 30.0 Å². The second-order valence-electron chi connectivity index (χ2n) is 9.35. The molecule has 0 amide bonds. The van der Waals surface area contributed by atoms with Crippen LogP contribution in [0.25, 0.3) is 23.2 Å². The van der Waals surface area contributed by atoms with Crippen molar-refractivity contribution in [3.8, 4) is 40.6 Å². The minimum atomic E-state index is -4.38. The maximum atomic E-state index is 11.4. The Morgan fingerprint density at radius 2 is 1.84 bits per heavy atom. The van der Waals surface area contributed by atoms with E-state index in [2.05, 4.69) is 16.2 Å². The molecule has 2 N–H and O–H groups in total. The molecule has 5 aromatic rings. The molecule has 2 aromatic heterocycles. The summed E-state index contributed by atoms with van der Waals surface area (Å²) in [6.45, 7) is 2.03.